The monoisotopic (exact) mass is 338 g/mol. The third kappa shape index (κ3) is 3.09. The molecule has 0 aromatic heterocycles. The van der Waals surface area contributed by atoms with Crippen LogP contribution in [0.5, 0.6) is 5.75 Å². The summed E-state index contributed by atoms with van der Waals surface area (Å²) in [5.41, 5.74) is 1.93. The van der Waals surface area contributed by atoms with Gasteiger partial charge in [-0.05, 0) is 38.5 Å². The summed E-state index contributed by atoms with van der Waals surface area (Å²) in [5.74, 6) is 0.880. The summed E-state index contributed by atoms with van der Waals surface area (Å²) in [6, 6.07) is 15.7. The minimum atomic E-state index is -0.646. The first-order valence-corrected chi connectivity index (χ1v) is 9.03. The topological polar surface area (TPSA) is 41.6 Å². The molecule has 1 unspecified atom stereocenters. The smallest absolute Gasteiger partial charge is 0.258 e. The summed E-state index contributed by atoms with van der Waals surface area (Å²) in [6.45, 7) is 7.47. The predicted molar refractivity (Wildman–Crippen MR) is 101 cm³/mol. The number of hydrogen-bond donors (Lipinski definition) is 1. The summed E-state index contributed by atoms with van der Waals surface area (Å²) in [7, 11) is 0. The lowest BCUT2D eigenvalue weighted by molar-refractivity contribution is 0.0525. The minimum Gasteiger partial charge on any atom is -0.493 e. The van der Waals surface area contributed by atoms with Crippen LogP contribution in [0.4, 0.5) is 5.69 Å². The number of carbonyl (C=O) groups excluding carboxylic acids is 1. The molecule has 1 N–H and O–H groups in total. The van der Waals surface area contributed by atoms with Gasteiger partial charge in [-0.15, -0.1) is 0 Å². The van der Waals surface area contributed by atoms with E-state index in [9.17, 15) is 4.79 Å². The summed E-state index contributed by atoms with van der Waals surface area (Å²) >= 11 is 0. The number of unbranched alkanes of at least 4 members (excludes halogenated alkanes) is 1. The van der Waals surface area contributed by atoms with Crippen LogP contribution in [-0.2, 0) is 5.66 Å². The molecule has 0 saturated carbocycles. The third-order valence-electron chi connectivity index (χ3n) is 4.77. The number of amides is 1. The number of benzene rings is 2. The Morgan fingerprint density at radius 2 is 1.80 bits per heavy atom. The molecule has 2 aromatic rings. The first-order valence-electron chi connectivity index (χ1n) is 9.03. The van der Waals surface area contributed by atoms with Crippen LogP contribution >= 0.6 is 0 Å². The van der Waals surface area contributed by atoms with Gasteiger partial charge in [0.2, 0.25) is 0 Å². The minimum absolute atomic E-state index is 0.0663. The zero-order valence-corrected chi connectivity index (χ0v) is 15.2. The van der Waals surface area contributed by atoms with E-state index in [2.05, 4.69) is 19.2 Å². The highest BCUT2D eigenvalue weighted by molar-refractivity contribution is 6.02. The highest BCUT2D eigenvalue weighted by atomic mass is 16.5. The number of para-hydroxylation sites is 2. The average molecular weight is 338 g/mol. The van der Waals surface area contributed by atoms with E-state index in [1.807, 2.05) is 60.4 Å². The molecule has 25 heavy (non-hydrogen) atoms. The molecule has 1 aliphatic heterocycles. The molecule has 132 valence electrons. The first-order chi connectivity index (χ1) is 12.1. The lowest BCUT2D eigenvalue weighted by Crippen LogP contribution is -2.56. The van der Waals surface area contributed by atoms with Crippen molar-refractivity contribution in [2.24, 2.45) is 0 Å². The fourth-order valence-electron chi connectivity index (χ4n) is 3.46. The van der Waals surface area contributed by atoms with E-state index < -0.39 is 5.66 Å². The Morgan fingerprint density at radius 3 is 2.56 bits per heavy atom. The second-order valence-corrected chi connectivity index (χ2v) is 6.48. The van der Waals surface area contributed by atoms with Gasteiger partial charge in [0.25, 0.3) is 5.91 Å². The Balaban J connectivity index is 2.12. The maximum atomic E-state index is 13.2. The van der Waals surface area contributed by atoms with E-state index in [1.165, 1.54) is 0 Å². The maximum absolute atomic E-state index is 13.2. The molecule has 0 fully saturated rings. The van der Waals surface area contributed by atoms with Gasteiger partial charge in [-0.1, -0.05) is 43.7 Å². The molecule has 1 heterocycles. The van der Waals surface area contributed by atoms with Crippen LogP contribution in [-0.4, -0.2) is 24.0 Å². The van der Waals surface area contributed by atoms with Gasteiger partial charge >= 0.3 is 0 Å². The van der Waals surface area contributed by atoms with E-state index in [1.54, 1.807) is 0 Å². The van der Waals surface area contributed by atoms with Crippen LogP contribution in [0, 0.1) is 0 Å². The molecule has 1 atom stereocenters. The van der Waals surface area contributed by atoms with E-state index in [4.69, 9.17) is 4.74 Å². The molecule has 1 amide bonds. The molecule has 4 heteroatoms. The molecule has 2 aromatic carbocycles. The van der Waals surface area contributed by atoms with Crippen LogP contribution in [0.1, 0.15) is 49.5 Å². The predicted octanol–water partition coefficient (Wildman–Crippen LogP) is 4.63. The van der Waals surface area contributed by atoms with Crippen molar-refractivity contribution in [1.82, 2.24) is 4.90 Å². The molecule has 4 nitrogen and oxygen atoms in total. The quantitative estimate of drug-likeness (QED) is 0.835. The molecule has 1 aliphatic rings. The fraction of sp³-hybridized carbons (Fsp3) is 0.381. The van der Waals surface area contributed by atoms with Crippen LogP contribution < -0.4 is 10.1 Å². The number of nitrogens with zero attached hydrogens (tertiary/aromatic N) is 1. The van der Waals surface area contributed by atoms with Gasteiger partial charge in [0.1, 0.15) is 11.4 Å². The summed E-state index contributed by atoms with van der Waals surface area (Å²) in [5, 5.41) is 3.60. The molecule has 0 aliphatic carbocycles. The fourth-order valence-corrected chi connectivity index (χ4v) is 3.46. The second kappa shape index (κ2) is 7.18. The van der Waals surface area contributed by atoms with Crippen molar-refractivity contribution in [3.05, 3.63) is 59.7 Å². The summed E-state index contributed by atoms with van der Waals surface area (Å²) in [6.07, 6.45) is 2.00. The molecule has 0 radical (unpaired) electrons. The van der Waals surface area contributed by atoms with E-state index in [0.29, 0.717) is 13.2 Å². The van der Waals surface area contributed by atoms with E-state index >= 15 is 0 Å². The van der Waals surface area contributed by atoms with Gasteiger partial charge in [0.15, 0.2) is 0 Å². The van der Waals surface area contributed by atoms with Gasteiger partial charge in [-0.2, -0.15) is 0 Å². The molecule has 3 rings (SSSR count). The van der Waals surface area contributed by atoms with Gasteiger partial charge in [-0.3, -0.25) is 4.79 Å². The Morgan fingerprint density at radius 1 is 1.08 bits per heavy atom. The van der Waals surface area contributed by atoms with Crippen molar-refractivity contribution >= 4 is 11.6 Å². The highest BCUT2D eigenvalue weighted by Gasteiger charge is 2.43. The lowest BCUT2D eigenvalue weighted by Gasteiger charge is -2.47. The SMILES string of the molecule is CCCCN1C(=O)c2ccccc2NC1(C)c1ccccc1OCC. The largest absolute Gasteiger partial charge is 0.493 e. The third-order valence-corrected chi connectivity index (χ3v) is 4.77. The number of nitrogens with one attached hydrogen (secondary N) is 1. The zero-order chi connectivity index (χ0) is 17.9. The van der Waals surface area contributed by atoms with E-state index in [0.717, 1.165) is 35.4 Å². The average Bonchev–Trinajstić information content (AvgIpc) is 2.62. The van der Waals surface area contributed by atoms with Crippen molar-refractivity contribution < 1.29 is 9.53 Å². The van der Waals surface area contributed by atoms with Gasteiger partial charge in [-0.25, -0.2) is 0 Å². The van der Waals surface area contributed by atoms with Gasteiger partial charge in [0.05, 0.1) is 12.2 Å². The summed E-state index contributed by atoms with van der Waals surface area (Å²) < 4.78 is 5.85. The number of carbonyl (C=O) groups is 1. The normalized spacial score (nSPS) is 19.3. The first kappa shape index (κ1) is 17.3. The van der Waals surface area contributed by atoms with Crippen molar-refractivity contribution in [1.29, 1.82) is 0 Å². The number of fused-ring (bicyclic) bond motifs is 1. The Bertz CT molecular complexity index is 759. The second-order valence-electron chi connectivity index (χ2n) is 6.48. The highest BCUT2D eigenvalue weighted by Crippen LogP contribution is 2.41. The lowest BCUT2D eigenvalue weighted by atomic mass is 9.92. The van der Waals surface area contributed by atoms with Crippen LogP contribution in [0.15, 0.2) is 48.5 Å². The zero-order valence-electron chi connectivity index (χ0n) is 15.2. The number of hydrogen-bond acceptors (Lipinski definition) is 3. The summed E-state index contributed by atoms with van der Waals surface area (Å²) in [4.78, 5) is 15.2. The van der Waals surface area contributed by atoms with Crippen molar-refractivity contribution in [2.75, 3.05) is 18.5 Å². The van der Waals surface area contributed by atoms with Crippen LogP contribution in [0.25, 0.3) is 0 Å². The molecular weight excluding hydrogens is 312 g/mol. The number of ether oxygens (including phenoxy) is 1. The molecular formula is C21H26N2O2. The Labute approximate surface area is 149 Å². The Kier molecular flexibility index (Phi) is 4.98. The van der Waals surface area contributed by atoms with Gasteiger partial charge < -0.3 is 15.0 Å². The molecule has 0 bridgehead atoms. The van der Waals surface area contributed by atoms with Gasteiger partial charge in [0, 0.05) is 17.8 Å². The van der Waals surface area contributed by atoms with E-state index in [-0.39, 0.29) is 5.91 Å². The van der Waals surface area contributed by atoms with Crippen molar-refractivity contribution in [2.45, 2.75) is 39.3 Å². The Hall–Kier alpha value is -2.49. The van der Waals surface area contributed by atoms with Crippen LogP contribution in [0.3, 0.4) is 0 Å². The molecule has 0 spiro atoms. The number of rotatable bonds is 6. The standard InChI is InChI=1S/C21H26N2O2/c1-4-6-15-23-20(24)16-11-7-9-13-18(16)22-21(23,3)17-12-8-10-14-19(17)25-5-2/h7-14,22H,4-6,15H2,1-3H3. The van der Waals surface area contributed by atoms with Crippen molar-refractivity contribution in [3.8, 4) is 5.75 Å². The van der Waals surface area contributed by atoms with Crippen LogP contribution in [0.2, 0.25) is 0 Å². The number of anilines is 1. The molecule has 0 saturated heterocycles. The van der Waals surface area contributed by atoms with Crippen molar-refractivity contribution in [3.63, 3.8) is 0 Å². The maximum Gasteiger partial charge on any atom is 0.258 e.